The molecule has 0 aromatic rings. The van der Waals surface area contributed by atoms with Gasteiger partial charge in [-0.2, -0.15) is 0 Å². The van der Waals surface area contributed by atoms with Crippen LogP contribution >= 0.6 is 0 Å². The van der Waals surface area contributed by atoms with Crippen molar-refractivity contribution < 1.29 is 19.2 Å². The summed E-state index contributed by atoms with van der Waals surface area (Å²) in [6, 6.07) is -0.0267. The minimum atomic E-state index is -0.528. The third-order valence-corrected chi connectivity index (χ3v) is 4.30. The zero-order chi connectivity index (χ0) is 15.9. The van der Waals surface area contributed by atoms with Gasteiger partial charge < -0.3 is 4.74 Å². The first-order chi connectivity index (χ1) is 10.4. The maximum atomic E-state index is 12.6. The van der Waals surface area contributed by atoms with Gasteiger partial charge in [-0.15, -0.1) is 0 Å². The molecule has 2 amide bonds. The highest BCUT2D eigenvalue weighted by Crippen LogP contribution is 2.37. The molecule has 0 aromatic heterocycles. The summed E-state index contributed by atoms with van der Waals surface area (Å²) in [4.78, 5) is 32.2. The molecule has 22 heavy (non-hydrogen) atoms. The van der Waals surface area contributed by atoms with E-state index in [-0.39, 0.29) is 24.1 Å². The summed E-state index contributed by atoms with van der Waals surface area (Å²) in [5.74, 6) is -0.101. The molecule has 3 rings (SSSR count). The highest BCUT2D eigenvalue weighted by molar-refractivity contribution is 5.95. The summed E-state index contributed by atoms with van der Waals surface area (Å²) in [5, 5.41) is 1.43. The van der Waals surface area contributed by atoms with E-state index in [1.54, 1.807) is 4.90 Å². The molecule has 0 saturated carbocycles. The van der Waals surface area contributed by atoms with Crippen LogP contribution in [0, 0.1) is 0 Å². The third-order valence-electron chi connectivity index (χ3n) is 4.30. The molecular weight excluding hydrogens is 284 g/mol. The Bertz CT molecular complexity index is 503. The van der Waals surface area contributed by atoms with Gasteiger partial charge in [0.2, 0.25) is 0 Å². The van der Waals surface area contributed by atoms with Gasteiger partial charge in [0.1, 0.15) is 5.60 Å². The van der Waals surface area contributed by atoms with Crippen LogP contribution in [0.1, 0.15) is 46.5 Å². The maximum Gasteiger partial charge on any atom is 0.411 e. The maximum absolute atomic E-state index is 12.6. The lowest BCUT2D eigenvalue weighted by atomic mass is 10.0. The Morgan fingerprint density at radius 1 is 1.32 bits per heavy atom. The van der Waals surface area contributed by atoms with Crippen molar-refractivity contribution in [1.82, 2.24) is 9.96 Å². The Labute approximate surface area is 131 Å². The summed E-state index contributed by atoms with van der Waals surface area (Å²) in [5.41, 5.74) is 0.154. The molecule has 2 fully saturated rings. The summed E-state index contributed by atoms with van der Waals surface area (Å²) in [6.45, 7) is 6.78. The molecule has 2 bridgehead atoms. The average molecular weight is 308 g/mol. The number of hydrogen-bond donors (Lipinski definition) is 0. The topological polar surface area (TPSA) is 59.1 Å². The van der Waals surface area contributed by atoms with Crippen molar-refractivity contribution in [1.29, 1.82) is 0 Å². The molecule has 0 N–H and O–H groups in total. The molecule has 3 heterocycles. The number of nitrogens with zero attached hydrogens (tertiary/aromatic N) is 2. The van der Waals surface area contributed by atoms with Crippen LogP contribution in [0.2, 0.25) is 0 Å². The number of fused-ring (bicyclic) bond motifs is 2. The summed E-state index contributed by atoms with van der Waals surface area (Å²) < 4.78 is 5.52. The Morgan fingerprint density at radius 3 is 2.73 bits per heavy atom. The first-order valence-electron chi connectivity index (χ1n) is 8.03. The number of carbonyl (C=O) groups is 2. The highest BCUT2D eigenvalue weighted by atomic mass is 16.7. The minimum absolute atomic E-state index is 0.101. The van der Waals surface area contributed by atoms with Crippen molar-refractivity contribution in [3.8, 4) is 0 Å². The van der Waals surface area contributed by atoms with E-state index >= 15 is 0 Å². The quantitative estimate of drug-likeness (QED) is 0.745. The van der Waals surface area contributed by atoms with E-state index in [1.807, 2.05) is 26.8 Å². The molecule has 122 valence electrons. The molecule has 0 spiro atoms. The van der Waals surface area contributed by atoms with Crippen molar-refractivity contribution >= 4 is 12.0 Å². The van der Waals surface area contributed by atoms with E-state index in [1.165, 1.54) is 5.06 Å². The first kappa shape index (κ1) is 15.3. The molecule has 2 saturated heterocycles. The Kier molecular flexibility index (Phi) is 3.89. The first-order valence-corrected chi connectivity index (χ1v) is 8.03. The number of hydrogen-bond acceptors (Lipinski definition) is 4. The molecule has 0 radical (unpaired) electrons. The second-order valence-electron chi connectivity index (χ2n) is 7.12. The van der Waals surface area contributed by atoms with Crippen LogP contribution in [-0.4, -0.2) is 52.8 Å². The fraction of sp³-hybridized carbons (Fsp3) is 0.750. The van der Waals surface area contributed by atoms with Gasteiger partial charge >= 0.3 is 6.09 Å². The van der Waals surface area contributed by atoms with E-state index in [4.69, 9.17) is 9.57 Å². The summed E-state index contributed by atoms with van der Waals surface area (Å²) >= 11 is 0. The summed E-state index contributed by atoms with van der Waals surface area (Å²) in [7, 11) is 0. The fourth-order valence-electron chi connectivity index (χ4n) is 3.39. The van der Waals surface area contributed by atoms with Crippen LogP contribution < -0.4 is 0 Å². The summed E-state index contributed by atoms with van der Waals surface area (Å²) in [6.07, 6.45) is 4.97. The molecule has 2 atom stereocenters. The molecule has 0 unspecified atom stereocenters. The molecule has 3 aliphatic rings. The average Bonchev–Trinajstić information content (AvgIpc) is 3.04. The van der Waals surface area contributed by atoms with E-state index < -0.39 is 5.60 Å². The van der Waals surface area contributed by atoms with Gasteiger partial charge in [0.15, 0.2) is 0 Å². The Morgan fingerprint density at radius 2 is 2.09 bits per heavy atom. The van der Waals surface area contributed by atoms with Crippen LogP contribution in [0.25, 0.3) is 0 Å². The molecule has 6 heteroatoms. The van der Waals surface area contributed by atoms with Gasteiger partial charge in [0.05, 0.1) is 19.2 Å². The van der Waals surface area contributed by atoms with E-state index in [0.717, 1.165) is 19.3 Å². The number of amides is 2. The second-order valence-corrected chi connectivity index (χ2v) is 7.12. The number of rotatable bonds is 1. The van der Waals surface area contributed by atoms with Gasteiger partial charge in [-0.05, 0) is 46.5 Å². The van der Waals surface area contributed by atoms with Gasteiger partial charge in [-0.25, -0.2) is 9.86 Å². The third kappa shape index (κ3) is 2.84. The largest absolute Gasteiger partial charge is 0.444 e. The number of ether oxygens (including phenoxy) is 1. The van der Waals surface area contributed by atoms with Gasteiger partial charge in [0, 0.05) is 11.6 Å². The van der Waals surface area contributed by atoms with Crippen LogP contribution in [0.4, 0.5) is 4.79 Å². The highest BCUT2D eigenvalue weighted by Gasteiger charge is 2.45. The predicted octanol–water partition coefficient (Wildman–Crippen LogP) is 2.25. The van der Waals surface area contributed by atoms with Gasteiger partial charge in [0.25, 0.3) is 5.91 Å². The van der Waals surface area contributed by atoms with Crippen LogP contribution in [0.15, 0.2) is 11.6 Å². The van der Waals surface area contributed by atoms with Crippen molar-refractivity contribution in [3.63, 3.8) is 0 Å². The molecule has 0 aromatic carbocycles. The van der Waals surface area contributed by atoms with Crippen molar-refractivity contribution in [2.45, 2.75) is 64.1 Å². The van der Waals surface area contributed by atoms with E-state index in [0.29, 0.717) is 25.1 Å². The monoisotopic (exact) mass is 308 g/mol. The predicted molar refractivity (Wildman–Crippen MR) is 79.9 cm³/mol. The number of hydroxylamine groups is 2. The second kappa shape index (κ2) is 5.57. The van der Waals surface area contributed by atoms with Gasteiger partial charge in [-0.1, -0.05) is 6.08 Å². The molecule has 0 aliphatic carbocycles. The SMILES string of the molecule is CC(C)(C)OC(=O)N1[C@@H]2CC=C(C(=O)N3CCCO3)[C@H]1CC2. The van der Waals surface area contributed by atoms with Crippen molar-refractivity contribution in [3.05, 3.63) is 11.6 Å². The Balaban J connectivity index is 1.76. The van der Waals surface area contributed by atoms with Crippen molar-refractivity contribution in [2.24, 2.45) is 0 Å². The smallest absolute Gasteiger partial charge is 0.411 e. The van der Waals surface area contributed by atoms with E-state index in [9.17, 15) is 9.59 Å². The minimum Gasteiger partial charge on any atom is -0.444 e. The van der Waals surface area contributed by atoms with E-state index in [2.05, 4.69) is 0 Å². The lowest BCUT2D eigenvalue weighted by Crippen LogP contribution is -2.49. The standard InChI is InChI=1S/C16H24N2O4/c1-16(2,3)22-15(20)18-11-5-7-12(13(18)8-6-11)14(19)17-9-4-10-21-17/h7,11,13H,4-6,8-10H2,1-3H3/t11-,13-/m1/s1. The number of carbonyl (C=O) groups excluding carboxylic acids is 2. The fourth-order valence-corrected chi connectivity index (χ4v) is 3.39. The van der Waals surface area contributed by atoms with Crippen LogP contribution in [0.5, 0.6) is 0 Å². The van der Waals surface area contributed by atoms with Gasteiger partial charge in [-0.3, -0.25) is 14.5 Å². The molecular formula is C16H24N2O4. The molecule has 3 aliphatic heterocycles. The van der Waals surface area contributed by atoms with Crippen molar-refractivity contribution in [2.75, 3.05) is 13.2 Å². The normalized spacial score (nSPS) is 27.9. The lowest BCUT2D eigenvalue weighted by molar-refractivity contribution is -0.164. The zero-order valence-corrected chi connectivity index (χ0v) is 13.5. The van der Waals surface area contributed by atoms with Crippen LogP contribution in [-0.2, 0) is 14.4 Å². The molecule has 6 nitrogen and oxygen atoms in total. The van der Waals surface area contributed by atoms with Crippen LogP contribution in [0.3, 0.4) is 0 Å². The Hall–Kier alpha value is -1.56. The zero-order valence-electron chi connectivity index (χ0n) is 13.5. The lowest BCUT2D eigenvalue weighted by Gasteiger charge is -2.36.